The van der Waals surface area contributed by atoms with E-state index in [4.69, 9.17) is 11.1 Å². The van der Waals surface area contributed by atoms with Crippen molar-refractivity contribution in [2.75, 3.05) is 0 Å². The molecule has 238 valence electrons. The van der Waals surface area contributed by atoms with Gasteiger partial charge in [0, 0.05) is 43.1 Å². The van der Waals surface area contributed by atoms with E-state index in [0.717, 1.165) is 5.56 Å². The highest BCUT2D eigenvalue weighted by Gasteiger charge is 2.29. The van der Waals surface area contributed by atoms with Crippen LogP contribution in [-0.2, 0) is 43.1 Å². The molecule has 16 heteroatoms. The highest BCUT2D eigenvalue weighted by molar-refractivity contribution is 7.88. The molecule has 0 spiro atoms. The fourth-order valence-electron chi connectivity index (χ4n) is 4.22. The number of non-ortho nitro benzene ring substituents is 1. The van der Waals surface area contributed by atoms with Crippen molar-refractivity contribution in [3.63, 3.8) is 0 Å². The molecule has 0 radical (unpaired) electrons. The molecule has 15 nitrogen and oxygen atoms in total. The van der Waals surface area contributed by atoms with Gasteiger partial charge in [-0.2, -0.15) is 0 Å². The van der Waals surface area contributed by atoms with Gasteiger partial charge in [0.25, 0.3) is 5.69 Å². The zero-order valence-electron chi connectivity index (χ0n) is 24.0. The number of nitro groups is 1. The fraction of sp³-hybridized carbons (Fsp3) is 0.276. The number of nitrogen functional groups attached to an aromatic ring is 1. The van der Waals surface area contributed by atoms with Crippen LogP contribution in [0, 0.1) is 15.5 Å². The summed E-state index contributed by atoms with van der Waals surface area (Å²) in [5.41, 5.74) is 7.42. The van der Waals surface area contributed by atoms with E-state index in [-0.39, 0.29) is 42.9 Å². The topological polar surface area (TPSA) is 248 Å². The summed E-state index contributed by atoms with van der Waals surface area (Å²) in [4.78, 5) is 52.1. The summed E-state index contributed by atoms with van der Waals surface area (Å²) in [5.74, 6) is -3.41. The van der Waals surface area contributed by atoms with E-state index in [1.54, 1.807) is 48.8 Å². The number of pyridine rings is 1. The van der Waals surface area contributed by atoms with Gasteiger partial charge in [-0.3, -0.25) is 34.9 Å². The van der Waals surface area contributed by atoms with Crippen molar-refractivity contribution < 1.29 is 32.8 Å². The van der Waals surface area contributed by atoms with E-state index in [2.05, 4.69) is 20.3 Å². The second-order valence-corrected chi connectivity index (χ2v) is 11.8. The number of aliphatic carboxylic acids is 1. The summed E-state index contributed by atoms with van der Waals surface area (Å²) in [6, 6.07) is 12.2. The molecule has 0 aliphatic carbocycles. The number of nitrogens with zero attached hydrogens (tertiary/aromatic N) is 2. The predicted octanol–water partition coefficient (Wildman–Crippen LogP) is 1.36. The lowest BCUT2D eigenvalue weighted by Crippen LogP contribution is -2.54. The molecular weight excluding hydrogens is 606 g/mol. The van der Waals surface area contributed by atoms with E-state index >= 15 is 0 Å². The van der Waals surface area contributed by atoms with Crippen LogP contribution in [0.15, 0.2) is 73.1 Å². The Morgan fingerprint density at radius 1 is 0.911 bits per heavy atom. The van der Waals surface area contributed by atoms with Gasteiger partial charge in [-0.1, -0.05) is 36.4 Å². The van der Waals surface area contributed by atoms with Crippen LogP contribution in [0.4, 0.5) is 5.69 Å². The number of hydrogen-bond acceptors (Lipinski definition) is 9. The molecule has 0 aliphatic rings. The van der Waals surface area contributed by atoms with Crippen LogP contribution in [0.1, 0.15) is 41.5 Å². The van der Waals surface area contributed by atoms with E-state index in [9.17, 15) is 38.0 Å². The Labute approximate surface area is 259 Å². The minimum atomic E-state index is -4.17. The number of amidine groups is 1. The Bertz CT molecular complexity index is 1620. The minimum Gasteiger partial charge on any atom is -0.481 e. The SMILES string of the molecule is N=C(N)c1ccc(CNC(=O)[C@H](CCC(=O)O)NC(=O)C(CCc2ccncc2)NS(=O)(=O)Cc2ccc([N+](=O)[O-])cc2)cc1. The number of nitrogens with two attached hydrogens (primary N) is 1. The lowest BCUT2D eigenvalue weighted by Gasteiger charge is -2.23. The van der Waals surface area contributed by atoms with Gasteiger partial charge >= 0.3 is 5.97 Å². The van der Waals surface area contributed by atoms with Gasteiger partial charge in [-0.05, 0) is 48.1 Å². The van der Waals surface area contributed by atoms with Crippen molar-refractivity contribution in [1.29, 1.82) is 5.41 Å². The molecule has 0 aliphatic heterocycles. The quantitative estimate of drug-likeness (QED) is 0.0535. The van der Waals surface area contributed by atoms with Crippen LogP contribution < -0.4 is 21.1 Å². The number of benzene rings is 2. The number of aromatic nitrogens is 1. The predicted molar refractivity (Wildman–Crippen MR) is 163 cm³/mol. The Morgan fingerprint density at radius 3 is 2.11 bits per heavy atom. The van der Waals surface area contributed by atoms with Gasteiger partial charge in [-0.25, -0.2) is 13.1 Å². The van der Waals surface area contributed by atoms with E-state index in [1.807, 2.05) is 0 Å². The van der Waals surface area contributed by atoms with Gasteiger partial charge in [0.05, 0.1) is 10.7 Å². The summed E-state index contributed by atoms with van der Waals surface area (Å²) >= 11 is 0. The Hall–Kier alpha value is -5.22. The molecule has 0 saturated carbocycles. The van der Waals surface area contributed by atoms with E-state index in [1.165, 1.54) is 24.3 Å². The molecule has 2 atom stereocenters. The number of hydrogen-bond donors (Lipinski definition) is 6. The van der Waals surface area contributed by atoms with Gasteiger partial charge in [0.1, 0.15) is 17.9 Å². The van der Waals surface area contributed by atoms with Crippen LogP contribution in [0.25, 0.3) is 0 Å². The average molecular weight is 640 g/mol. The van der Waals surface area contributed by atoms with Crippen LogP contribution in [0.2, 0.25) is 0 Å². The molecular formula is C29H33N7O8S. The lowest BCUT2D eigenvalue weighted by molar-refractivity contribution is -0.384. The van der Waals surface area contributed by atoms with Crippen LogP contribution in [0.5, 0.6) is 0 Å². The van der Waals surface area contributed by atoms with Crippen LogP contribution >= 0.6 is 0 Å². The van der Waals surface area contributed by atoms with Gasteiger partial charge in [-0.15, -0.1) is 0 Å². The Kier molecular flexibility index (Phi) is 12.2. The molecule has 1 heterocycles. The largest absolute Gasteiger partial charge is 0.481 e. The maximum atomic E-state index is 13.5. The average Bonchev–Trinajstić information content (AvgIpc) is 3.00. The summed E-state index contributed by atoms with van der Waals surface area (Å²) in [5, 5.41) is 32.8. The summed E-state index contributed by atoms with van der Waals surface area (Å²) in [7, 11) is -4.17. The number of amides is 2. The normalized spacial score (nSPS) is 12.4. The number of carboxylic acid groups (broad SMARTS) is 1. The molecule has 2 aromatic carbocycles. The maximum absolute atomic E-state index is 13.5. The third-order valence-electron chi connectivity index (χ3n) is 6.62. The van der Waals surface area contributed by atoms with Gasteiger partial charge < -0.3 is 21.5 Å². The molecule has 0 fully saturated rings. The third-order valence-corrected chi connectivity index (χ3v) is 7.98. The number of rotatable bonds is 17. The zero-order chi connectivity index (χ0) is 33.0. The van der Waals surface area contributed by atoms with E-state index in [0.29, 0.717) is 11.1 Å². The Morgan fingerprint density at radius 2 is 1.53 bits per heavy atom. The standard InChI is InChI=1S/C29H33N7O8S/c30-27(31)22-6-1-20(2-7-22)17-33-28(39)24(11-12-26(37)38)34-29(40)25(10-5-19-13-15-32-16-14-19)35-45(43,44)18-21-3-8-23(9-4-21)36(41)42/h1-4,6-9,13-16,24-25,35H,5,10-12,17-18H2,(H3,30,31)(H,33,39)(H,34,40)(H,37,38)/t24-,25?/m0/s1. The molecule has 1 aromatic heterocycles. The molecule has 0 saturated heterocycles. The first-order chi connectivity index (χ1) is 21.3. The van der Waals surface area contributed by atoms with Crippen molar-refractivity contribution in [2.24, 2.45) is 5.73 Å². The summed E-state index contributed by atoms with van der Waals surface area (Å²) < 4.78 is 28.5. The number of sulfonamides is 1. The summed E-state index contributed by atoms with van der Waals surface area (Å²) in [6.45, 7) is 0.0315. The number of nitro benzene ring substituents is 1. The van der Waals surface area contributed by atoms with Crippen molar-refractivity contribution in [3.05, 3.63) is 105 Å². The number of carboxylic acids is 1. The number of carbonyl (C=O) groups is 3. The van der Waals surface area contributed by atoms with Crippen LogP contribution in [0.3, 0.4) is 0 Å². The first-order valence-electron chi connectivity index (χ1n) is 13.7. The van der Waals surface area contributed by atoms with Gasteiger partial charge in [0.2, 0.25) is 21.8 Å². The fourth-order valence-corrected chi connectivity index (χ4v) is 5.59. The molecule has 3 rings (SSSR count). The molecule has 2 amide bonds. The smallest absolute Gasteiger partial charge is 0.303 e. The minimum absolute atomic E-state index is 0.00882. The van der Waals surface area contributed by atoms with Crippen molar-refractivity contribution in [2.45, 2.75) is 50.1 Å². The number of carbonyl (C=O) groups excluding carboxylic acids is 2. The maximum Gasteiger partial charge on any atom is 0.303 e. The first kappa shape index (κ1) is 34.3. The highest BCUT2D eigenvalue weighted by Crippen LogP contribution is 2.15. The first-order valence-corrected chi connectivity index (χ1v) is 15.3. The monoisotopic (exact) mass is 639 g/mol. The lowest BCUT2D eigenvalue weighted by atomic mass is 10.0. The molecule has 7 N–H and O–H groups in total. The summed E-state index contributed by atoms with van der Waals surface area (Å²) in [6.07, 6.45) is 2.64. The molecule has 1 unspecified atom stereocenters. The second kappa shape index (κ2) is 16.0. The van der Waals surface area contributed by atoms with Crippen molar-refractivity contribution in [3.8, 4) is 0 Å². The zero-order valence-corrected chi connectivity index (χ0v) is 24.8. The van der Waals surface area contributed by atoms with E-state index < -0.39 is 57.0 Å². The number of aryl methyl sites for hydroxylation is 1. The Balaban J connectivity index is 1.76. The molecule has 0 bridgehead atoms. The number of nitrogens with one attached hydrogen (secondary N) is 4. The van der Waals surface area contributed by atoms with Crippen molar-refractivity contribution >= 4 is 39.3 Å². The third kappa shape index (κ3) is 11.4. The van der Waals surface area contributed by atoms with Gasteiger partial charge in [0.15, 0.2) is 0 Å². The second-order valence-electron chi connectivity index (χ2n) is 10.1. The van der Waals surface area contributed by atoms with Crippen LogP contribution in [-0.4, -0.2) is 59.1 Å². The molecule has 3 aromatic rings. The highest BCUT2D eigenvalue weighted by atomic mass is 32.2. The molecule has 45 heavy (non-hydrogen) atoms. The van der Waals surface area contributed by atoms with Crippen molar-refractivity contribution in [1.82, 2.24) is 20.3 Å².